The largest absolute Gasteiger partial charge is 0.495 e. The zero-order chi connectivity index (χ0) is 25.5. The average molecular weight is 497 g/mol. The zero-order valence-electron chi connectivity index (χ0n) is 20.5. The van der Waals surface area contributed by atoms with Crippen LogP contribution in [0.5, 0.6) is 5.75 Å². The van der Waals surface area contributed by atoms with E-state index in [9.17, 15) is 13.2 Å². The lowest BCUT2D eigenvalue weighted by atomic mass is 10.1. The Morgan fingerprint density at radius 3 is 2.20 bits per heavy atom. The summed E-state index contributed by atoms with van der Waals surface area (Å²) in [5.41, 5.74) is 2.56. The summed E-state index contributed by atoms with van der Waals surface area (Å²) in [6.45, 7) is 6.50. The van der Waals surface area contributed by atoms with E-state index in [1.54, 1.807) is 20.8 Å². The van der Waals surface area contributed by atoms with E-state index in [4.69, 9.17) is 9.47 Å². The van der Waals surface area contributed by atoms with Crippen molar-refractivity contribution in [3.05, 3.63) is 95.1 Å². The molecule has 2 N–H and O–H groups in total. The molecule has 0 aromatic heterocycles. The SMILES string of the molecule is COc1ccc(C(=O)NCc2cccc(COCc3ccccc3)c2)cc1S(=O)(=O)NC(C)(C)C. The first-order valence-electron chi connectivity index (χ1n) is 11.3. The number of ether oxygens (including phenoxy) is 2. The minimum Gasteiger partial charge on any atom is -0.495 e. The Morgan fingerprint density at radius 2 is 1.51 bits per heavy atom. The van der Waals surface area contributed by atoms with Gasteiger partial charge in [-0.05, 0) is 55.7 Å². The highest BCUT2D eigenvalue weighted by Gasteiger charge is 2.26. The summed E-state index contributed by atoms with van der Waals surface area (Å²) < 4.78 is 39.3. The van der Waals surface area contributed by atoms with Gasteiger partial charge in [-0.3, -0.25) is 4.79 Å². The van der Waals surface area contributed by atoms with Crippen molar-refractivity contribution >= 4 is 15.9 Å². The van der Waals surface area contributed by atoms with Crippen LogP contribution in [-0.4, -0.2) is 27.0 Å². The average Bonchev–Trinajstić information content (AvgIpc) is 2.81. The fraction of sp³-hybridized carbons (Fsp3) is 0.296. The summed E-state index contributed by atoms with van der Waals surface area (Å²) >= 11 is 0. The third kappa shape index (κ3) is 7.92. The first-order chi connectivity index (χ1) is 16.6. The predicted octanol–water partition coefficient (Wildman–Crippen LogP) is 4.42. The Balaban J connectivity index is 1.64. The molecule has 0 aliphatic carbocycles. The van der Waals surface area contributed by atoms with Crippen LogP contribution in [0.2, 0.25) is 0 Å². The van der Waals surface area contributed by atoms with Gasteiger partial charge >= 0.3 is 0 Å². The Bertz CT molecular complexity index is 1250. The first kappa shape index (κ1) is 26.4. The molecule has 3 rings (SSSR count). The summed E-state index contributed by atoms with van der Waals surface area (Å²) in [4.78, 5) is 12.7. The molecule has 8 heteroatoms. The molecule has 0 radical (unpaired) electrons. The summed E-state index contributed by atoms with van der Waals surface area (Å²) in [6.07, 6.45) is 0. The fourth-order valence-electron chi connectivity index (χ4n) is 3.46. The molecule has 0 aliphatic heterocycles. The molecule has 3 aromatic carbocycles. The van der Waals surface area contributed by atoms with Gasteiger partial charge in [-0.2, -0.15) is 0 Å². The fourth-order valence-corrected chi connectivity index (χ4v) is 5.08. The van der Waals surface area contributed by atoms with Crippen molar-refractivity contribution in [1.82, 2.24) is 10.0 Å². The van der Waals surface area contributed by atoms with Crippen molar-refractivity contribution in [2.24, 2.45) is 0 Å². The standard InChI is InChI=1S/C27H32N2O5S/c1-27(2,3)29-35(31,32)25-16-23(13-14-24(25)33-4)26(30)28-17-21-11-8-12-22(15-21)19-34-18-20-9-6-5-7-10-20/h5-16,29H,17-19H2,1-4H3,(H,28,30). The van der Waals surface area contributed by atoms with Crippen LogP contribution >= 0.6 is 0 Å². The van der Waals surface area contributed by atoms with Crippen LogP contribution in [-0.2, 0) is 34.5 Å². The number of rotatable bonds is 10. The highest BCUT2D eigenvalue weighted by molar-refractivity contribution is 7.89. The van der Waals surface area contributed by atoms with Gasteiger partial charge in [0.1, 0.15) is 10.6 Å². The van der Waals surface area contributed by atoms with Crippen LogP contribution < -0.4 is 14.8 Å². The van der Waals surface area contributed by atoms with E-state index in [2.05, 4.69) is 10.0 Å². The molecule has 7 nitrogen and oxygen atoms in total. The van der Waals surface area contributed by atoms with Crippen LogP contribution in [0, 0.1) is 0 Å². The molecule has 0 fully saturated rings. The number of methoxy groups -OCH3 is 1. The van der Waals surface area contributed by atoms with Gasteiger partial charge in [-0.25, -0.2) is 13.1 Å². The van der Waals surface area contributed by atoms with Gasteiger partial charge in [0.15, 0.2) is 0 Å². The maximum Gasteiger partial charge on any atom is 0.251 e. The maximum absolute atomic E-state index is 12.9. The topological polar surface area (TPSA) is 93.7 Å². The monoisotopic (exact) mass is 496 g/mol. The number of sulfonamides is 1. The number of hydrogen-bond acceptors (Lipinski definition) is 5. The second kappa shape index (κ2) is 11.5. The Labute approximate surface area is 207 Å². The third-order valence-corrected chi connectivity index (χ3v) is 6.76. The number of benzene rings is 3. The molecule has 1 amide bonds. The Morgan fingerprint density at radius 1 is 0.857 bits per heavy atom. The van der Waals surface area contributed by atoms with Crippen LogP contribution in [0.15, 0.2) is 77.7 Å². The van der Waals surface area contributed by atoms with E-state index < -0.39 is 15.6 Å². The maximum atomic E-state index is 12.9. The van der Waals surface area contributed by atoms with Crippen molar-refractivity contribution in [3.63, 3.8) is 0 Å². The van der Waals surface area contributed by atoms with Gasteiger partial charge < -0.3 is 14.8 Å². The van der Waals surface area contributed by atoms with Crippen molar-refractivity contribution in [3.8, 4) is 5.75 Å². The van der Waals surface area contributed by atoms with E-state index in [0.29, 0.717) is 19.8 Å². The van der Waals surface area contributed by atoms with E-state index in [-0.39, 0.29) is 22.1 Å². The molecule has 186 valence electrons. The molecule has 0 heterocycles. The smallest absolute Gasteiger partial charge is 0.251 e. The molecule has 0 saturated heterocycles. The highest BCUT2D eigenvalue weighted by Crippen LogP contribution is 2.26. The first-order valence-corrected chi connectivity index (χ1v) is 12.8. The van der Waals surface area contributed by atoms with Crippen molar-refractivity contribution in [2.45, 2.75) is 51.0 Å². The van der Waals surface area contributed by atoms with Crippen molar-refractivity contribution in [2.75, 3.05) is 7.11 Å². The Kier molecular flexibility index (Phi) is 8.67. The molecule has 3 aromatic rings. The molecule has 35 heavy (non-hydrogen) atoms. The van der Waals surface area contributed by atoms with Crippen LogP contribution in [0.3, 0.4) is 0 Å². The van der Waals surface area contributed by atoms with Gasteiger partial charge in [-0.15, -0.1) is 0 Å². The summed E-state index contributed by atoms with van der Waals surface area (Å²) in [6, 6.07) is 22.1. The third-order valence-electron chi connectivity index (χ3n) is 4.98. The second-order valence-electron chi connectivity index (χ2n) is 9.20. The number of carbonyl (C=O) groups excluding carboxylic acids is 1. The van der Waals surface area contributed by atoms with Gasteiger partial charge in [0.2, 0.25) is 10.0 Å². The summed E-state index contributed by atoms with van der Waals surface area (Å²) in [5, 5.41) is 2.85. The summed E-state index contributed by atoms with van der Waals surface area (Å²) in [5.74, 6) is -0.216. The van der Waals surface area contributed by atoms with E-state index in [1.807, 2.05) is 54.6 Å². The minimum absolute atomic E-state index is 0.0832. The number of amides is 1. The number of carbonyl (C=O) groups is 1. The number of nitrogens with one attached hydrogen (secondary N) is 2. The molecule has 0 unspecified atom stereocenters. The van der Waals surface area contributed by atoms with Crippen LogP contribution in [0.4, 0.5) is 0 Å². The van der Waals surface area contributed by atoms with Gasteiger partial charge in [0.05, 0.1) is 20.3 Å². The Hall–Kier alpha value is -3.20. The molecule has 0 atom stereocenters. The second-order valence-corrected chi connectivity index (χ2v) is 10.9. The van der Waals surface area contributed by atoms with Crippen LogP contribution in [0.25, 0.3) is 0 Å². The molecule has 0 saturated carbocycles. The number of hydrogen-bond donors (Lipinski definition) is 2. The predicted molar refractivity (Wildman–Crippen MR) is 136 cm³/mol. The van der Waals surface area contributed by atoms with Gasteiger partial charge in [0.25, 0.3) is 5.91 Å². The lowest BCUT2D eigenvalue weighted by molar-refractivity contribution is 0.0950. The highest BCUT2D eigenvalue weighted by atomic mass is 32.2. The molecule has 0 spiro atoms. The molecule has 0 bridgehead atoms. The van der Waals surface area contributed by atoms with Crippen molar-refractivity contribution in [1.29, 1.82) is 0 Å². The summed E-state index contributed by atoms with van der Waals surface area (Å²) in [7, 11) is -2.50. The van der Waals surface area contributed by atoms with Gasteiger partial charge in [0, 0.05) is 17.6 Å². The zero-order valence-corrected chi connectivity index (χ0v) is 21.3. The van der Waals surface area contributed by atoms with E-state index >= 15 is 0 Å². The normalized spacial score (nSPS) is 11.8. The minimum atomic E-state index is -3.89. The van der Waals surface area contributed by atoms with Crippen molar-refractivity contribution < 1.29 is 22.7 Å². The van der Waals surface area contributed by atoms with E-state index in [1.165, 1.54) is 25.3 Å². The van der Waals surface area contributed by atoms with E-state index in [0.717, 1.165) is 16.7 Å². The molecular formula is C27H32N2O5S. The van der Waals surface area contributed by atoms with Gasteiger partial charge in [-0.1, -0.05) is 54.6 Å². The lowest BCUT2D eigenvalue weighted by Crippen LogP contribution is -2.40. The quantitative estimate of drug-likeness (QED) is 0.433. The lowest BCUT2D eigenvalue weighted by Gasteiger charge is -2.21. The van der Waals surface area contributed by atoms with Crippen LogP contribution in [0.1, 0.15) is 47.8 Å². The molecule has 0 aliphatic rings. The molecular weight excluding hydrogens is 464 g/mol.